The van der Waals surface area contributed by atoms with E-state index < -0.39 is 29.1 Å². The summed E-state index contributed by atoms with van der Waals surface area (Å²) in [6, 6.07) is -0.822. The Hall–Kier alpha value is -1.51. The fourth-order valence-corrected chi connectivity index (χ4v) is 1.66. The van der Waals surface area contributed by atoms with Gasteiger partial charge in [0.1, 0.15) is 6.04 Å². The Morgan fingerprint density at radius 3 is 2.58 bits per heavy atom. The summed E-state index contributed by atoms with van der Waals surface area (Å²) in [5.74, 6) is -0.636. The molecule has 0 spiro atoms. The van der Waals surface area contributed by atoms with Crippen LogP contribution in [0.25, 0.3) is 0 Å². The monoisotopic (exact) mass is 294 g/mol. The number of hydrogen-bond acceptors (Lipinski definition) is 7. The second-order valence-electron chi connectivity index (χ2n) is 3.57. The van der Waals surface area contributed by atoms with Crippen LogP contribution in [0.3, 0.4) is 0 Å². The van der Waals surface area contributed by atoms with Gasteiger partial charge in [0.05, 0.1) is 6.61 Å². The first-order valence-corrected chi connectivity index (χ1v) is 7.08. The zero-order chi connectivity index (χ0) is 14.8. The predicted octanol–water partition coefficient (Wildman–Crippen LogP) is 0.384. The van der Waals surface area contributed by atoms with E-state index in [-0.39, 0.29) is 6.61 Å². The number of nitrogens with zero attached hydrogens (tertiary/aromatic N) is 1. The minimum absolute atomic E-state index is 0.200. The molecule has 0 aromatic carbocycles. The molecule has 0 fully saturated rings. The number of carbonyl (C=O) groups is 2. The van der Waals surface area contributed by atoms with Crippen molar-refractivity contribution in [3.05, 3.63) is 10.1 Å². The number of thioether (sulfide) groups is 1. The third kappa shape index (κ3) is 7.50. The maximum Gasteiger partial charge on any atom is 0.328 e. The lowest BCUT2D eigenvalue weighted by Gasteiger charge is -2.18. The van der Waals surface area contributed by atoms with Crippen molar-refractivity contribution in [1.29, 1.82) is 0 Å². The first-order valence-electron chi connectivity index (χ1n) is 5.69. The van der Waals surface area contributed by atoms with E-state index in [0.29, 0.717) is 12.2 Å². The molecule has 110 valence electrons. The molecule has 0 aromatic heterocycles. The molecule has 2 unspecified atom stereocenters. The summed E-state index contributed by atoms with van der Waals surface area (Å²) in [5.41, 5.74) is 0. The molecule has 0 rings (SSSR count). The number of nitrogens with one attached hydrogen (secondary N) is 1. The van der Waals surface area contributed by atoms with Crippen molar-refractivity contribution >= 4 is 23.6 Å². The van der Waals surface area contributed by atoms with Crippen LogP contribution in [0.2, 0.25) is 0 Å². The van der Waals surface area contributed by atoms with Gasteiger partial charge < -0.3 is 14.9 Å². The lowest BCUT2D eigenvalue weighted by molar-refractivity contribution is -0.763. The van der Waals surface area contributed by atoms with Crippen LogP contribution < -0.4 is 5.32 Å². The van der Waals surface area contributed by atoms with E-state index in [1.54, 1.807) is 6.92 Å². The summed E-state index contributed by atoms with van der Waals surface area (Å²) in [6.07, 6.45) is 0.973. The number of amides is 1. The molecule has 0 heterocycles. The van der Waals surface area contributed by atoms with Gasteiger partial charge in [0.25, 0.3) is 5.09 Å². The second kappa shape index (κ2) is 9.42. The van der Waals surface area contributed by atoms with Gasteiger partial charge in [0.2, 0.25) is 5.91 Å². The Morgan fingerprint density at radius 1 is 1.47 bits per heavy atom. The molecule has 19 heavy (non-hydrogen) atoms. The average Bonchev–Trinajstić information content (AvgIpc) is 2.33. The summed E-state index contributed by atoms with van der Waals surface area (Å²) >= 11 is 1.51. The molecule has 1 N–H and O–H groups in total. The maximum atomic E-state index is 11.6. The quantitative estimate of drug-likeness (QED) is 0.372. The number of esters is 1. The van der Waals surface area contributed by atoms with Crippen LogP contribution in [0.5, 0.6) is 0 Å². The van der Waals surface area contributed by atoms with E-state index in [0.717, 1.165) is 0 Å². The van der Waals surface area contributed by atoms with Crippen LogP contribution in [-0.4, -0.2) is 47.7 Å². The summed E-state index contributed by atoms with van der Waals surface area (Å²) in [5, 5.41) is 11.5. The van der Waals surface area contributed by atoms with Gasteiger partial charge in [0, 0.05) is 0 Å². The predicted molar refractivity (Wildman–Crippen MR) is 69.1 cm³/mol. The average molecular weight is 294 g/mol. The lowest BCUT2D eigenvalue weighted by atomic mass is 10.2. The molecule has 0 radical (unpaired) electrons. The van der Waals surface area contributed by atoms with Crippen LogP contribution >= 0.6 is 11.8 Å². The molecule has 0 bridgehead atoms. The van der Waals surface area contributed by atoms with Crippen LogP contribution in [0, 0.1) is 10.1 Å². The number of ether oxygens (including phenoxy) is 1. The van der Waals surface area contributed by atoms with Crippen molar-refractivity contribution in [2.24, 2.45) is 0 Å². The Morgan fingerprint density at radius 2 is 2.11 bits per heavy atom. The molecule has 9 heteroatoms. The highest BCUT2D eigenvalue weighted by Crippen LogP contribution is 2.04. The van der Waals surface area contributed by atoms with Gasteiger partial charge in [-0.1, -0.05) is 0 Å². The molecule has 0 aromatic rings. The largest absolute Gasteiger partial charge is 0.464 e. The van der Waals surface area contributed by atoms with Crippen LogP contribution in [0.4, 0.5) is 0 Å². The third-order valence-corrected chi connectivity index (χ3v) is 2.76. The normalized spacial score (nSPS) is 13.2. The highest BCUT2D eigenvalue weighted by molar-refractivity contribution is 7.98. The highest BCUT2D eigenvalue weighted by atomic mass is 32.2. The summed E-state index contributed by atoms with van der Waals surface area (Å²) in [6.45, 7) is 3.09. The van der Waals surface area contributed by atoms with Crippen molar-refractivity contribution in [2.45, 2.75) is 32.4 Å². The van der Waals surface area contributed by atoms with Crippen molar-refractivity contribution in [3.8, 4) is 0 Å². The SMILES string of the molecule is CCOC(=O)C(CCSC)NC(=O)C(C)O[N+](=O)[O-]. The molecule has 2 atom stereocenters. The molecular formula is C10H18N2O6S. The summed E-state index contributed by atoms with van der Waals surface area (Å²) < 4.78 is 4.83. The van der Waals surface area contributed by atoms with E-state index in [4.69, 9.17) is 4.74 Å². The van der Waals surface area contributed by atoms with Crippen molar-refractivity contribution in [3.63, 3.8) is 0 Å². The zero-order valence-electron chi connectivity index (χ0n) is 11.1. The Kier molecular flexibility index (Phi) is 8.68. The van der Waals surface area contributed by atoms with Gasteiger partial charge in [-0.2, -0.15) is 11.8 Å². The van der Waals surface area contributed by atoms with E-state index >= 15 is 0 Å². The van der Waals surface area contributed by atoms with Crippen LogP contribution in [0.1, 0.15) is 20.3 Å². The molecule has 0 saturated carbocycles. The van der Waals surface area contributed by atoms with Gasteiger partial charge in [-0.25, -0.2) is 4.79 Å². The second-order valence-corrected chi connectivity index (χ2v) is 4.55. The molecular weight excluding hydrogens is 276 g/mol. The number of carbonyl (C=O) groups excluding carboxylic acids is 2. The standard InChI is InChI=1S/C10H18N2O6S/c1-4-17-10(14)8(5-6-19-3)11-9(13)7(2)18-12(15)16/h7-8H,4-6H2,1-3H3,(H,11,13). The smallest absolute Gasteiger partial charge is 0.328 e. The summed E-state index contributed by atoms with van der Waals surface area (Å²) in [4.78, 5) is 37.4. The van der Waals surface area contributed by atoms with Gasteiger partial charge >= 0.3 is 5.97 Å². The topological polar surface area (TPSA) is 108 Å². The van der Waals surface area contributed by atoms with E-state index in [1.165, 1.54) is 18.7 Å². The molecule has 0 aliphatic carbocycles. The van der Waals surface area contributed by atoms with E-state index in [9.17, 15) is 19.7 Å². The zero-order valence-corrected chi connectivity index (χ0v) is 11.9. The minimum atomic E-state index is -1.28. The minimum Gasteiger partial charge on any atom is -0.464 e. The summed E-state index contributed by atoms with van der Waals surface area (Å²) in [7, 11) is 0. The Balaban J connectivity index is 4.48. The third-order valence-electron chi connectivity index (χ3n) is 2.11. The van der Waals surface area contributed by atoms with Gasteiger partial charge in [-0.05, 0) is 32.3 Å². The van der Waals surface area contributed by atoms with Crippen LogP contribution in [0.15, 0.2) is 0 Å². The van der Waals surface area contributed by atoms with Crippen molar-refractivity contribution in [1.82, 2.24) is 5.32 Å². The van der Waals surface area contributed by atoms with E-state index in [1.807, 2.05) is 6.26 Å². The highest BCUT2D eigenvalue weighted by Gasteiger charge is 2.25. The fraction of sp³-hybridized carbons (Fsp3) is 0.800. The number of rotatable bonds is 9. The molecule has 0 aliphatic rings. The first kappa shape index (κ1) is 17.5. The first-order chi connectivity index (χ1) is 8.92. The lowest BCUT2D eigenvalue weighted by Crippen LogP contribution is -2.46. The fourth-order valence-electron chi connectivity index (χ4n) is 1.19. The molecule has 0 saturated heterocycles. The maximum absolute atomic E-state index is 11.6. The Bertz CT molecular complexity index is 325. The van der Waals surface area contributed by atoms with Gasteiger partial charge in [-0.15, -0.1) is 10.1 Å². The van der Waals surface area contributed by atoms with Crippen LogP contribution in [-0.2, 0) is 19.2 Å². The van der Waals surface area contributed by atoms with Gasteiger partial charge in [0.15, 0.2) is 6.10 Å². The Labute approximate surface area is 115 Å². The molecule has 8 nitrogen and oxygen atoms in total. The molecule has 1 amide bonds. The van der Waals surface area contributed by atoms with Gasteiger partial charge in [-0.3, -0.25) is 4.79 Å². The molecule has 0 aliphatic heterocycles. The van der Waals surface area contributed by atoms with Crippen molar-refractivity contribution in [2.75, 3.05) is 18.6 Å². The number of hydrogen-bond donors (Lipinski definition) is 1. The van der Waals surface area contributed by atoms with E-state index in [2.05, 4.69) is 10.2 Å². The van der Waals surface area contributed by atoms with Crippen molar-refractivity contribution < 1.29 is 24.3 Å².